The van der Waals surface area contributed by atoms with E-state index in [9.17, 15) is 8.42 Å². The summed E-state index contributed by atoms with van der Waals surface area (Å²) >= 11 is 1.59. The van der Waals surface area contributed by atoms with E-state index in [1.165, 1.54) is 0 Å². The first kappa shape index (κ1) is 21.3. The second kappa shape index (κ2) is 8.09. The van der Waals surface area contributed by atoms with Gasteiger partial charge in [0, 0.05) is 26.2 Å². The van der Waals surface area contributed by atoms with Crippen molar-refractivity contribution < 1.29 is 8.42 Å². The van der Waals surface area contributed by atoms with Crippen molar-refractivity contribution >= 4 is 42.9 Å². The van der Waals surface area contributed by atoms with Crippen molar-refractivity contribution in [3.63, 3.8) is 0 Å². The predicted octanol–water partition coefficient (Wildman–Crippen LogP) is 3.44. The standard InChI is InChI=1S/C22H26N6O2S2/c1-4-26-10-12-27(13-11-26)20-19-18(9-14-31-19)28-21(23-20)22(24-25-28)32(29,30)17-7-5-16(6-8-17)15(2)3/h5-9,14-15H,4,10-13H2,1-3H3. The van der Waals surface area contributed by atoms with Crippen LogP contribution in [0.3, 0.4) is 0 Å². The van der Waals surface area contributed by atoms with Gasteiger partial charge in [-0.05, 0) is 41.6 Å². The minimum atomic E-state index is -3.86. The number of fused-ring (bicyclic) bond motifs is 3. The molecular weight excluding hydrogens is 444 g/mol. The maximum atomic E-state index is 13.5. The molecule has 0 radical (unpaired) electrons. The van der Waals surface area contributed by atoms with Crippen LogP contribution in [0.5, 0.6) is 0 Å². The Bertz CT molecular complexity index is 1370. The Morgan fingerprint density at radius 1 is 1.06 bits per heavy atom. The zero-order chi connectivity index (χ0) is 22.5. The number of hydrogen-bond acceptors (Lipinski definition) is 8. The monoisotopic (exact) mass is 470 g/mol. The normalized spacial score (nSPS) is 15.9. The Labute approximate surface area is 191 Å². The SMILES string of the molecule is CCN1CCN(c2nc3c(S(=O)(=O)c4ccc(C(C)C)cc4)nnn3c3ccsc23)CC1. The van der Waals surface area contributed by atoms with Crippen molar-refractivity contribution in [3.05, 3.63) is 41.3 Å². The molecule has 0 unspecified atom stereocenters. The quantitative estimate of drug-likeness (QED) is 0.442. The number of hydrogen-bond donors (Lipinski definition) is 0. The average Bonchev–Trinajstić information content (AvgIpc) is 3.46. The van der Waals surface area contributed by atoms with E-state index < -0.39 is 9.84 Å². The molecule has 0 N–H and O–H groups in total. The fourth-order valence-corrected chi connectivity index (χ4v) is 6.24. The minimum Gasteiger partial charge on any atom is -0.353 e. The van der Waals surface area contributed by atoms with Crippen molar-refractivity contribution in [2.24, 2.45) is 0 Å². The van der Waals surface area contributed by atoms with E-state index in [-0.39, 0.29) is 15.6 Å². The Balaban J connectivity index is 1.62. The number of rotatable bonds is 5. The molecule has 3 aromatic heterocycles. The molecule has 0 amide bonds. The summed E-state index contributed by atoms with van der Waals surface area (Å²) in [6, 6.07) is 8.94. The number of thiophene rings is 1. The zero-order valence-electron chi connectivity index (χ0n) is 18.4. The van der Waals surface area contributed by atoms with Gasteiger partial charge in [0.15, 0.2) is 11.5 Å². The maximum absolute atomic E-state index is 13.5. The molecule has 1 aliphatic heterocycles. The van der Waals surface area contributed by atoms with Crippen molar-refractivity contribution in [1.82, 2.24) is 24.7 Å². The molecule has 0 atom stereocenters. The van der Waals surface area contributed by atoms with Gasteiger partial charge in [-0.3, -0.25) is 0 Å². The van der Waals surface area contributed by atoms with E-state index in [2.05, 4.69) is 40.9 Å². The van der Waals surface area contributed by atoms with Gasteiger partial charge in [-0.25, -0.2) is 13.4 Å². The van der Waals surface area contributed by atoms with Gasteiger partial charge in [-0.1, -0.05) is 38.1 Å². The predicted molar refractivity (Wildman–Crippen MR) is 126 cm³/mol. The third-order valence-electron chi connectivity index (χ3n) is 6.14. The molecule has 0 spiro atoms. The molecule has 168 valence electrons. The van der Waals surface area contributed by atoms with Crippen LogP contribution in [0, 0.1) is 0 Å². The fourth-order valence-electron chi connectivity index (χ4n) is 4.12. The molecule has 0 saturated carbocycles. The topological polar surface area (TPSA) is 83.7 Å². The van der Waals surface area contributed by atoms with Crippen LogP contribution in [-0.2, 0) is 9.84 Å². The maximum Gasteiger partial charge on any atom is 0.229 e. The minimum absolute atomic E-state index is 0.101. The lowest BCUT2D eigenvalue weighted by atomic mass is 10.0. The van der Waals surface area contributed by atoms with Crippen LogP contribution in [0.4, 0.5) is 5.82 Å². The smallest absolute Gasteiger partial charge is 0.229 e. The molecule has 1 fully saturated rings. The molecule has 4 heterocycles. The lowest BCUT2D eigenvalue weighted by molar-refractivity contribution is 0.271. The van der Waals surface area contributed by atoms with Crippen molar-refractivity contribution in [2.75, 3.05) is 37.6 Å². The largest absolute Gasteiger partial charge is 0.353 e. The van der Waals surface area contributed by atoms with Gasteiger partial charge in [-0.2, -0.15) is 4.52 Å². The Morgan fingerprint density at radius 2 is 1.78 bits per heavy atom. The first-order chi connectivity index (χ1) is 15.4. The summed E-state index contributed by atoms with van der Waals surface area (Å²) in [4.78, 5) is 9.67. The fraction of sp³-hybridized carbons (Fsp3) is 0.409. The number of aromatic nitrogens is 4. The summed E-state index contributed by atoms with van der Waals surface area (Å²) < 4.78 is 29.5. The van der Waals surface area contributed by atoms with Crippen molar-refractivity contribution in [1.29, 1.82) is 0 Å². The van der Waals surface area contributed by atoms with E-state index in [0.29, 0.717) is 5.92 Å². The lowest BCUT2D eigenvalue weighted by Gasteiger charge is -2.34. The van der Waals surface area contributed by atoms with Gasteiger partial charge >= 0.3 is 0 Å². The van der Waals surface area contributed by atoms with Crippen LogP contribution in [0.1, 0.15) is 32.3 Å². The van der Waals surface area contributed by atoms with Gasteiger partial charge in [0.2, 0.25) is 14.9 Å². The van der Waals surface area contributed by atoms with Crippen molar-refractivity contribution in [2.45, 2.75) is 36.6 Å². The number of piperazine rings is 1. The van der Waals surface area contributed by atoms with Crippen LogP contribution in [0.25, 0.3) is 15.9 Å². The number of benzene rings is 1. The Morgan fingerprint density at radius 3 is 2.44 bits per heavy atom. The third-order valence-corrected chi connectivity index (χ3v) is 8.70. The highest BCUT2D eigenvalue weighted by molar-refractivity contribution is 7.91. The van der Waals surface area contributed by atoms with E-state index >= 15 is 0 Å². The van der Waals surface area contributed by atoms with E-state index in [1.807, 2.05) is 23.6 Å². The molecule has 1 aliphatic rings. The highest BCUT2D eigenvalue weighted by atomic mass is 32.2. The lowest BCUT2D eigenvalue weighted by Crippen LogP contribution is -2.46. The molecule has 0 bridgehead atoms. The Hall–Kier alpha value is -2.56. The molecule has 5 rings (SSSR count). The molecule has 4 aromatic rings. The highest BCUT2D eigenvalue weighted by Crippen LogP contribution is 2.33. The first-order valence-corrected chi connectivity index (χ1v) is 13.2. The number of anilines is 1. The second-order valence-electron chi connectivity index (χ2n) is 8.35. The van der Waals surface area contributed by atoms with Gasteiger partial charge in [-0.15, -0.1) is 16.4 Å². The van der Waals surface area contributed by atoms with Crippen LogP contribution >= 0.6 is 11.3 Å². The van der Waals surface area contributed by atoms with Crippen LogP contribution in [0.15, 0.2) is 45.6 Å². The number of nitrogens with zero attached hydrogens (tertiary/aromatic N) is 6. The summed E-state index contributed by atoms with van der Waals surface area (Å²) in [6.45, 7) is 11.0. The van der Waals surface area contributed by atoms with Crippen LogP contribution in [-0.4, -0.2) is 65.9 Å². The second-order valence-corrected chi connectivity index (χ2v) is 11.1. The average molecular weight is 471 g/mol. The van der Waals surface area contributed by atoms with Crippen molar-refractivity contribution in [3.8, 4) is 0 Å². The number of likely N-dealkylation sites (N-methyl/N-ethyl adjacent to an activating group) is 1. The highest BCUT2D eigenvalue weighted by Gasteiger charge is 2.29. The van der Waals surface area contributed by atoms with Gasteiger partial charge < -0.3 is 9.80 Å². The molecule has 8 nitrogen and oxygen atoms in total. The molecule has 1 aromatic carbocycles. The molecule has 0 aliphatic carbocycles. The van der Waals surface area contributed by atoms with Gasteiger partial charge in [0.1, 0.15) is 0 Å². The molecular formula is C22H26N6O2S2. The van der Waals surface area contributed by atoms with E-state index in [4.69, 9.17) is 4.98 Å². The number of sulfone groups is 1. The van der Waals surface area contributed by atoms with Crippen LogP contribution in [0.2, 0.25) is 0 Å². The van der Waals surface area contributed by atoms with Crippen LogP contribution < -0.4 is 4.90 Å². The first-order valence-electron chi connectivity index (χ1n) is 10.8. The summed E-state index contributed by atoms with van der Waals surface area (Å²) in [5.74, 6) is 1.14. The molecule has 32 heavy (non-hydrogen) atoms. The van der Waals surface area contributed by atoms with E-state index in [1.54, 1.807) is 28.0 Å². The summed E-state index contributed by atoms with van der Waals surface area (Å²) in [7, 11) is -3.86. The molecule has 1 saturated heterocycles. The zero-order valence-corrected chi connectivity index (χ0v) is 20.0. The summed E-state index contributed by atoms with van der Waals surface area (Å²) in [5, 5.41) is 10.1. The summed E-state index contributed by atoms with van der Waals surface area (Å²) in [5.41, 5.74) is 2.19. The van der Waals surface area contributed by atoms with Gasteiger partial charge in [0.05, 0.1) is 15.1 Å². The Kier molecular flexibility index (Phi) is 5.39. The van der Waals surface area contributed by atoms with Gasteiger partial charge in [0.25, 0.3) is 0 Å². The third kappa shape index (κ3) is 3.46. The summed E-state index contributed by atoms with van der Waals surface area (Å²) in [6.07, 6.45) is 0. The van der Waals surface area contributed by atoms with E-state index in [0.717, 1.165) is 54.3 Å². The molecule has 10 heteroatoms.